The quantitative estimate of drug-likeness (QED) is 0.833. The van der Waals surface area contributed by atoms with Gasteiger partial charge in [0.05, 0.1) is 23.4 Å². The predicted molar refractivity (Wildman–Crippen MR) is 93.8 cm³/mol. The molecule has 0 fully saturated rings. The second-order valence-electron chi connectivity index (χ2n) is 5.99. The van der Waals surface area contributed by atoms with Crippen molar-refractivity contribution in [2.75, 3.05) is 18.9 Å². The van der Waals surface area contributed by atoms with Gasteiger partial charge in [-0.05, 0) is 39.0 Å². The maximum atomic E-state index is 14.3. The highest BCUT2D eigenvalue weighted by Gasteiger charge is 2.42. The molecule has 0 aromatic heterocycles. The molecule has 1 aromatic rings. The highest BCUT2D eigenvalue weighted by atomic mass is 79.9. The van der Waals surface area contributed by atoms with E-state index in [0.29, 0.717) is 23.7 Å². The fraction of sp³-hybridized carbons (Fsp3) is 0.533. The Morgan fingerprint density at radius 2 is 2.14 bits per heavy atom. The molecule has 122 valence electrons. The van der Waals surface area contributed by atoms with Gasteiger partial charge in [-0.3, -0.25) is 9.36 Å². The van der Waals surface area contributed by atoms with Crippen LogP contribution in [0.4, 0.5) is 4.39 Å². The first-order valence-electron chi connectivity index (χ1n) is 7.01. The number of aliphatic imine (C=N–C) groups is 1. The van der Waals surface area contributed by atoms with E-state index < -0.39 is 16.2 Å². The van der Waals surface area contributed by atoms with E-state index in [4.69, 9.17) is 10.8 Å². The summed E-state index contributed by atoms with van der Waals surface area (Å²) >= 11 is 3.38. The van der Waals surface area contributed by atoms with Crippen molar-refractivity contribution >= 4 is 32.5 Å². The lowest BCUT2D eigenvalue weighted by Crippen LogP contribution is -2.52. The minimum Gasteiger partial charge on any atom is -0.394 e. The van der Waals surface area contributed by atoms with Gasteiger partial charge in [0.25, 0.3) is 0 Å². The summed E-state index contributed by atoms with van der Waals surface area (Å²) in [6.45, 7) is 6.23. The number of hydrogen-bond donors (Lipinski definition) is 2. The zero-order valence-corrected chi connectivity index (χ0v) is 15.3. The summed E-state index contributed by atoms with van der Waals surface area (Å²) in [5.74, 6) is 0.756. The summed E-state index contributed by atoms with van der Waals surface area (Å²) < 4.78 is 19.3. The average Bonchev–Trinajstić information content (AvgIpc) is 2.44. The van der Waals surface area contributed by atoms with Crippen LogP contribution in [0.15, 0.2) is 32.0 Å². The highest BCUT2D eigenvalue weighted by molar-refractivity contribution is 9.10. The molecule has 2 rings (SSSR count). The molecular weight excluding hydrogens is 369 g/mol. The van der Waals surface area contributed by atoms with Gasteiger partial charge >= 0.3 is 0 Å². The second-order valence-corrected chi connectivity index (χ2v) is 9.20. The number of amidine groups is 1. The van der Waals surface area contributed by atoms with E-state index in [2.05, 4.69) is 25.3 Å². The van der Waals surface area contributed by atoms with Crippen molar-refractivity contribution < 1.29 is 9.50 Å². The zero-order chi connectivity index (χ0) is 16.5. The minimum atomic E-state index is -0.754. The molecule has 1 aliphatic rings. The van der Waals surface area contributed by atoms with Crippen LogP contribution >= 0.6 is 15.9 Å². The fourth-order valence-corrected chi connectivity index (χ4v) is 4.88. The fourth-order valence-electron chi connectivity index (χ4n) is 2.41. The first-order valence-corrected chi connectivity index (χ1v) is 9.16. The lowest BCUT2D eigenvalue weighted by molar-refractivity contribution is 0.307. The summed E-state index contributed by atoms with van der Waals surface area (Å²) in [5.41, 5.74) is 5.93. The molecule has 1 heterocycles. The van der Waals surface area contributed by atoms with Gasteiger partial charge in [-0.2, -0.15) is 0 Å². The maximum absolute atomic E-state index is 14.3. The summed E-state index contributed by atoms with van der Waals surface area (Å²) in [6, 6.07) is 4.84. The van der Waals surface area contributed by atoms with Crippen molar-refractivity contribution in [2.24, 2.45) is 15.1 Å². The molecule has 1 aliphatic heterocycles. The van der Waals surface area contributed by atoms with Gasteiger partial charge in [-0.15, -0.1) is 0 Å². The lowest BCUT2D eigenvalue weighted by atomic mass is 9.93. The maximum Gasteiger partial charge on any atom is 0.128 e. The minimum absolute atomic E-state index is 0.00140. The zero-order valence-electron chi connectivity index (χ0n) is 12.9. The first kappa shape index (κ1) is 17.6. The van der Waals surface area contributed by atoms with Crippen LogP contribution in [0.1, 0.15) is 26.3 Å². The lowest BCUT2D eigenvalue weighted by Gasteiger charge is -2.40. The van der Waals surface area contributed by atoms with Gasteiger partial charge in [-0.25, -0.2) is 4.39 Å². The predicted octanol–water partition coefficient (Wildman–Crippen LogP) is 2.75. The van der Waals surface area contributed by atoms with E-state index in [-0.39, 0.29) is 17.2 Å². The molecule has 2 atom stereocenters. The molecule has 0 amide bonds. The standard InChI is InChI=1S/C15H21BrFN3OS/c1-14(2)13(18)20-15(3,9-22(14)19-6-7-21)11-8-10(16)4-5-12(11)17/h4-5,8,21H,6-7,9H2,1-3H3,(H2,18,20)/t15-,22-/m0/s1. The molecule has 0 spiro atoms. The molecule has 0 bridgehead atoms. The van der Waals surface area contributed by atoms with Crippen LogP contribution in [0, 0.1) is 5.82 Å². The Kier molecular flexibility index (Phi) is 5.09. The number of aliphatic hydroxyl groups excluding tert-OH is 1. The van der Waals surface area contributed by atoms with Crippen LogP contribution in [-0.4, -0.2) is 34.6 Å². The summed E-state index contributed by atoms with van der Waals surface area (Å²) in [7, 11) is -0.443. The topological polar surface area (TPSA) is 71.0 Å². The van der Waals surface area contributed by atoms with E-state index in [1.54, 1.807) is 12.1 Å². The largest absolute Gasteiger partial charge is 0.394 e. The van der Waals surface area contributed by atoms with Crippen molar-refractivity contribution in [1.29, 1.82) is 0 Å². The van der Waals surface area contributed by atoms with Gasteiger partial charge in [-0.1, -0.05) is 26.6 Å². The second kappa shape index (κ2) is 6.37. The number of nitrogens with two attached hydrogens (primary N) is 1. The van der Waals surface area contributed by atoms with Crippen LogP contribution < -0.4 is 5.73 Å². The van der Waals surface area contributed by atoms with E-state index in [1.807, 2.05) is 20.8 Å². The van der Waals surface area contributed by atoms with Crippen molar-refractivity contribution in [3.8, 4) is 0 Å². The van der Waals surface area contributed by atoms with Crippen molar-refractivity contribution in [3.05, 3.63) is 34.1 Å². The molecule has 0 aliphatic carbocycles. The Morgan fingerprint density at radius 1 is 1.45 bits per heavy atom. The molecule has 0 saturated heterocycles. The molecule has 7 heteroatoms. The number of aliphatic hydroxyl groups is 1. The molecule has 0 saturated carbocycles. The molecule has 0 radical (unpaired) electrons. The number of benzene rings is 1. The normalized spacial score (nSPS) is 27.7. The molecular formula is C15H21BrFN3OS. The molecule has 0 unspecified atom stereocenters. The highest BCUT2D eigenvalue weighted by Crippen LogP contribution is 2.37. The Bertz CT molecular complexity index is 648. The van der Waals surface area contributed by atoms with Gasteiger partial charge in [0.1, 0.15) is 11.7 Å². The number of halogens is 2. The Balaban J connectivity index is 2.56. The third-order valence-corrected chi connectivity index (χ3v) is 7.06. The molecule has 1 aromatic carbocycles. The SMILES string of the molecule is CC1(C)C(N)=N[C@](C)(c2cc(Br)ccc2F)C[S@@]1=NCCO. The summed E-state index contributed by atoms with van der Waals surface area (Å²) in [5, 5.41) is 9.04. The van der Waals surface area contributed by atoms with Crippen molar-refractivity contribution in [2.45, 2.75) is 31.1 Å². The van der Waals surface area contributed by atoms with Gasteiger partial charge in [0.15, 0.2) is 0 Å². The van der Waals surface area contributed by atoms with Gasteiger partial charge < -0.3 is 10.8 Å². The van der Waals surface area contributed by atoms with Crippen molar-refractivity contribution in [3.63, 3.8) is 0 Å². The third-order valence-electron chi connectivity index (χ3n) is 3.85. The number of nitrogens with zero attached hydrogens (tertiary/aromatic N) is 2. The van der Waals surface area contributed by atoms with Crippen LogP contribution in [0.2, 0.25) is 0 Å². The van der Waals surface area contributed by atoms with Gasteiger partial charge in [0, 0.05) is 15.8 Å². The van der Waals surface area contributed by atoms with E-state index in [1.165, 1.54) is 6.07 Å². The Hall–Kier alpha value is -0.790. The van der Waals surface area contributed by atoms with E-state index >= 15 is 0 Å². The van der Waals surface area contributed by atoms with Gasteiger partial charge in [0.2, 0.25) is 0 Å². The van der Waals surface area contributed by atoms with Crippen LogP contribution in [0.25, 0.3) is 0 Å². The van der Waals surface area contributed by atoms with E-state index in [0.717, 1.165) is 4.47 Å². The number of rotatable bonds is 3. The summed E-state index contributed by atoms with van der Waals surface area (Å²) in [6.07, 6.45) is 0. The Labute approximate surface area is 141 Å². The third kappa shape index (κ3) is 3.26. The first-order chi connectivity index (χ1) is 10.2. The summed E-state index contributed by atoms with van der Waals surface area (Å²) in [4.78, 5) is 4.62. The van der Waals surface area contributed by atoms with E-state index in [9.17, 15) is 4.39 Å². The van der Waals surface area contributed by atoms with Crippen LogP contribution in [-0.2, 0) is 16.2 Å². The van der Waals surface area contributed by atoms with Crippen LogP contribution in [0.5, 0.6) is 0 Å². The van der Waals surface area contributed by atoms with Crippen molar-refractivity contribution in [1.82, 2.24) is 0 Å². The molecule has 22 heavy (non-hydrogen) atoms. The average molecular weight is 390 g/mol. The smallest absolute Gasteiger partial charge is 0.128 e. The molecule has 3 N–H and O–H groups in total. The number of hydrogen-bond acceptors (Lipinski definition) is 4. The van der Waals surface area contributed by atoms with Crippen LogP contribution in [0.3, 0.4) is 0 Å². The molecule has 4 nitrogen and oxygen atoms in total. The monoisotopic (exact) mass is 389 g/mol. The Morgan fingerprint density at radius 3 is 2.77 bits per heavy atom.